The van der Waals surface area contributed by atoms with E-state index in [2.05, 4.69) is 20.8 Å². The van der Waals surface area contributed by atoms with Crippen LogP contribution in [0, 0.1) is 11.3 Å². The lowest BCUT2D eigenvalue weighted by atomic mass is 9.54. The minimum atomic E-state index is -0.209. The van der Waals surface area contributed by atoms with Gasteiger partial charge in [0.2, 0.25) is 0 Å². The Bertz CT molecular complexity index is 281. The lowest BCUT2D eigenvalue weighted by Crippen LogP contribution is -2.31. The Kier molecular flexibility index (Phi) is 3.64. The first-order chi connectivity index (χ1) is 6.95. The molecule has 0 aromatic carbocycles. The van der Waals surface area contributed by atoms with Gasteiger partial charge in [-0.25, -0.2) is 0 Å². The van der Waals surface area contributed by atoms with E-state index in [-0.39, 0.29) is 5.31 Å². The summed E-state index contributed by atoms with van der Waals surface area (Å²) >= 11 is 0. The summed E-state index contributed by atoms with van der Waals surface area (Å²) in [4.78, 5) is 1.90. The molecule has 0 fully saturated rings. The molecule has 2 radical (unpaired) electrons. The summed E-state index contributed by atoms with van der Waals surface area (Å²) in [5, 5.41) is 7.11. The molecule has 2 unspecified atom stereocenters. The van der Waals surface area contributed by atoms with Crippen molar-refractivity contribution in [3.05, 3.63) is 11.3 Å². The Balaban J connectivity index is 3.15. The van der Waals surface area contributed by atoms with Gasteiger partial charge >= 0.3 is 0 Å². The lowest BCUT2D eigenvalue weighted by molar-refractivity contribution is 0.364. The second-order valence-electron chi connectivity index (χ2n) is 4.74. The van der Waals surface area contributed by atoms with Crippen LogP contribution in [0.3, 0.4) is 0 Å². The highest BCUT2D eigenvalue weighted by atomic mass is 15.1. The molecule has 2 atom stereocenters. The molecule has 1 rings (SSSR count). The fourth-order valence-corrected chi connectivity index (χ4v) is 2.46. The van der Waals surface area contributed by atoms with Crippen molar-refractivity contribution in [2.24, 2.45) is 5.92 Å². The van der Waals surface area contributed by atoms with Gasteiger partial charge in [-0.1, -0.05) is 26.3 Å². The van der Waals surface area contributed by atoms with Crippen molar-refractivity contribution in [3.8, 4) is 0 Å². The van der Waals surface area contributed by atoms with Gasteiger partial charge in [-0.05, 0) is 30.5 Å². The summed E-state index contributed by atoms with van der Waals surface area (Å²) < 4.78 is 0. The highest BCUT2D eigenvalue weighted by molar-refractivity contribution is 6.17. The van der Waals surface area contributed by atoms with Crippen LogP contribution in [0.25, 0.3) is 0 Å². The molecule has 82 valence electrons. The Hall–Kier alpha value is -0.725. The van der Waals surface area contributed by atoms with Crippen LogP contribution in [0.1, 0.15) is 40.0 Å². The number of hydrogen-bond acceptors (Lipinski definition) is 1. The summed E-state index contributed by atoms with van der Waals surface area (Å²) in [7, 11) is 8.33. The van der Waals surface area contributed by atoms with Crippen molar-refractivity contribution in [1.82, 2.24) is 4.90 Å². The lowest BCUT2D eigenvalue weighted by Gasteiger charge is -2.42. The van der Waals surface area contributed by atoms with Gasteiger partial charge in [0.1, 0.15) is 0 Å². The zero-order chi connectivity index (χ0) is 11.6. The Morgan fingerprint density at radius 2 is 2.27 bits per heavy atom. The van der Waals surface area contributed by atoms with Crippen LogP contribution in [0.5, 0.6) is 0 Å². The third-order valence-corrected chi connectivity index (χ3v) is 3.81. The number of nitrogens with zero attached hydrogens (tertiary/aromatic N) is 1. The molecule has 0 aromatic heterocycles. The summed E-state index contributed by atoms with van der Waals surface area (Å²) in [5.41, 5.74) is 2.56. The van der Waals surface area contributed by atoms with Crippen molar-refractivity contribution in [2.75, 3.05) is 7.05 Å². The first-order valence-electron chi connectivity index (χ1n) is 5.69. The van der Waals surface area contributed by atoms with E-state index in [9.17, 15) is 0 Å². The Morgan fingerprint density at radius 1 is 1.67 bits per heavy atom. The van der Waals surface area contributed by atoms with E-state index in [0.29, 0.717) is 5.92 Å². The van der Waals surface area contributed by atoms with E-state index in [4.69, 9.17) is 13.3 Å². The molecule has 15 heavy (non-hydrogen) atoms. The van der Waals surface area contributed by atoms with Crippen LogP contribution in [0.2, 0.25) is 5.31 Å². The van der Waals surface area contributed by atoms with E-state index in [1.54, 1.807) is 0 Å². The topological polar surface area (TPSA) is 27.1 Å². The quantitative estimate of drug-likeness (QED) is 0.427. The molecule has 1 N–H and O–H groups in total. The second-order valence-corrected chi connectivity index (χ2v) is 4.74. The summed E-state index contributed by atoms with van der Waals surface area (Å²) in [6.45, 7) is 6.49. The van der Waals surface area contributed by atoms with Crippen molar-refractivity contribution in [2.45, 2.75) is 45.3 Å². The van der Waals surface area contributed by atoms with Gasteiger partial charge in [0.25, 0.3) is 0 Å². The fourth-order valence-electron chi connectivity index (χ4n) is 2.46. The highest BCUT2D eigenvalue weighted by Gasteiger charge is 2.34. The second kappa shape index (κ2) is 4.42. The van der Waals surface area contributed by atoms with Crippen LogP contribution in [-0.4, -0.2) is 26.1 Å². The van der Waals surface area contributed by atoms with Gasteiger partial charge in [-0.15, -0.1) is 0 Å². The Morgan fingerprint density at radius 3 is 2.73 bits per heavy atom. The van der Waals surface area contributed by atoms with E-state index < -0.39 is 0 Å². The average molecular weight is 204 g/mol. The third kappa shape index (κ3) is 2.11. The predicted molar refractivity (Wildman–Crippen MR) is 66.4 cm³/mol. The molecule has 0 spiro atoms. The molecule has 0 bridgehead atoms. The molecule has 1 aliphatic carbocycles. The summed E-state index contributed by atoms with van der Waals surface area (Å²) in [5.74, 6) is 0.523. The maximum Gasteiger partial charge on any atom is 0.0856 e. The third-order valence-electron chi connectivity index (χ3n) is 3.81. The van der Waals surface area contributed by atoms with Crippen LogP contribution in [-0.2, 0) is 0 Å². The van der Waals surface area contributed by atoms with Crippen molar-refractivity contribution < 1.29 is 0 Å². The molecule has 0 aromatic rings. The Labute approximate surface area is 94.7 Å². The molecule has 3 heteroatoms. The molecule has 0 heterocycles. The first kappa shape index (κ1) is 12.3. The fraction of sp³-hybridized carbons (Fsp3) is 0.750. The van der Waals surface area contributed by atoms with Crippen molar-refractivity contribution in [3.63, 3.8) is 0 Å². The molecule has 0 saturated carbocycles. The molecule has 0 aliphatic heterocycles. The van der Waals surface area contributed by atoms with Crippen molar-refractivity contribution in [1.29, 1.82) is 5.41 Å². The number of nitrogens with one attached hydrogen (secondary N) is 1. The van der Waals surface area contributed by atoms with Gasteiger partial charge in [0.05, 0.1) is 14.2 Å². The van der Waals surface area contributed by atoms with Crippen LogP contribution in [0.4, 0.5) is 0 Å². The van der Waals surface area contributed by atoms with Crippen LogP contribution < -0.4 is 0 Å². The maximum atomic E-state index is 7.32. The zero-order valence-electron chi connectivity index (χ0n) is 10.3. The number of rotatable bonds is 3. The monoisotopic (exact) mass is 204 g/mol. The van der Waals surface area contributed by atoms with Gasteiger partial charge in [0, 0.05) is 12.7 Å². The SMILES string of the molecule is [B]C1(C)C(CC)=C(N(C)C=N)CCC1C. The van der Waals surface area contributed by atoms with E-state index >= 15 is 0 Å². The van der Waals surface area contributed by atoms with Crippen molar-refractivity contribution >= 4 is 14.2 Å². The molecular formula is C12H21BN2. The van der Waals surface area contributed by atoms with E-state index in [1.165, 1.54) is 17.6 Å². The molecular weight excluding hydrogens is 183 g/mol. The van der Waals surface area contributed by atoms with Gasteiger partial charge < -0.3 is 4.90 Å². The molecule has 0 saturated heterocycles. The van der Waals surface area contributed by atoms with Gasteiger partial charge in [0.15, 0.2) is 0 Å². The minimum absolute atomic E-state index is 0.209. The zero-order valence-corrected chi connectivity index (χ0v) is 10.3. The number of hydrogen-bond donors (Lipinski definition) is 1. The van der Waals surface area contributed by atoms with E-state index in [1.807, 2.05) is 11.9 Å². The normalized spacial score (nSPS) is 31.6. The largest absolute Gasteiger partial charge is 0.340 e. The smallest absolute Gasteiger partial charge is 0.0856 e. The van der Waals surface area contributed by atoms with Gasteiger partial charge in [-0.2, -0.15) is 0 Å². The summed E-state index contributed by atoms with van der Waals surface area (Å²) in [6, 6.07) is 0. The van der Waals surface area contributed by atoms with Gasteiger partial charge in [-0.3, -0.25) is 5.41 Å². The van der Waals surface area contributed by atoms with Crippen LogP contribution in [0.15, 0.2) is 11.3 Å². The molecule has 2 nitrogen and oxygen atoms in total. The van der Waals surface area contributed by atoms with E-state index in [0.717, 1.165) is 19.3 Å². The predicted octanol–water partition coefficient (Wildman–Crippen LogP) is 2.97. The molecule has 1 aliphatic rings. The molecule has 0 amide bonds. The summed E-state index contributed by atoms with van der Waals surface area (Å²) in [6.07, 6.45) is 4.51. The average Bonchev–Trinajstić information content (AvgIpc) is 2.20. The standard InChI is InChI=1S/C12H21BN2/c1-5-10-11(15(4)8-14)7-6-9(2)12(10,3)13/h8-9,14H,5-7H2,1-4H3. The highest BCUT2D eigenvalue weighted by Crippen LogP contribution is 2.49. The minimum Gasteiger partial charge on any atom is -0.340 e. The maximum absolute atomic E-state index is 7.32. The first-order valence-corrected chi connectivity index (χ1v) is 5.69. The number of allylic oxidation sites excluding steroid dienone is 2. The van der Waals surface area contributed by atoms with Crippen LogP contribution >= 0.6 is 0 Å².